The topological polar surface area (TPSA) is 32.7 Å². The smallest absolute Gasteiger partial charge is 0.165 e. The molecular formula is C17H18FNO2. The second kappa shape index (κ2) is 3.61. The van der Waals surface area contributed by atoms with E-state index >= 15 is 0 Å². The van der Waals surface area contributed by atoms with Crippen LogP contribution in [0.3, 0.4) is 0 Å². The Balaban J connectivity index is 1.84. The summed E-state index contributed by atoms with van der Waals surface area (Å²) in [5.41, 5.74) is 2.03. The molecule has 1 aromatic carbocycles. The third-order valence-corrected chi connectivity index (χ3v) is 6.12. The summed E-state index contributed by atoms with van der Waals surface area (Å²) in [6.45, 7) is 0.954. The molecule has 1 aromatic rings. The zero-order valence-corrected chi connectivity index (χ0v) is 11.9. The van der Waals surface area contributed by atoms with Crippen molar-refractivity contribution in [2.75, 3.05) is 13.6 Å². The van der Waals surface area contributed by atoms with Gasteiger partial charge in [0.25, 0.3) is 0 Å². The number of hydrogen-bond donors (Lipinski definition) is 1. The lowest BCUT2D eigenvalue weighted by atomic mass is 9.53. The van der Waals surface area contributed by atoms with Gasteiger partial charge in [0.05, 0.1) is 0 Å². The lowest BCUT2D eigenvalue weighted by Crippen LogP contribution is -2.64. The monoisotopic (exact) mass is 287 g/mol. The number of hydrogen-bond acceptors (Lipinski definition) is 3. The number of likely N-dealkylation sites (N-methyl/N-ethyl adjacent to an activating group) is 1. The number of nitrogens with zero attached hydrogens (tertiary/aromatic N) is 1. The number of phenols is 1. The van der Waals surface area contributed by atoms with Crippen LogP contribution in [0, 0.1) is 5.92 Å². The van der Waals surface area contributed by atoms with Crippen molar-refractivity contribution < 1.29 is 14.2 Å². The van der Waals surface area contributed by atoms with Gasteiger partial charge in [-0.2, -0.15) is 0 Å². The Morgan fingerprint density at radius 3 is 3.10 bits per heavy atom. The van der Waals surface area contributed by atoms with Gasteiger partial charge < -0.3 is 14.7 Å². The molecule has 110 valence electrons. The minimum absolute atomic E-state index is 0.154. The minimum atomic E-state index is -1.09. The van der Waals surface area contributed by atoms with Crippen molar-refractivity contribution in [1.29, 1.82) is 0 Å². The normalized spacial score (nSPS) is 42.6. The summed E-state index contributed by atoms with van der Waals surface area (Å²) in [6.07, 6.45) is 3.99. The maximum Gasteiger partial charge on any atom is 0.165 e. The van der Waals surface area contributed by atoms with Crippen LogP contribution in [0.4, 0.5) is 4.39 Å². The molecule has 0 saturated carbocycles. The number of benzene rings is 1. The van der Waals surface area contributed by atoms with Crippen molar-refractivity contribution in [2.45, 2.75) is 36.6 Å². The van der Waals surface area contributed by atoms with Gasteiger partial charge in [0.15, 0.2) is 17.7 Å². The van der Waals surface area contributed by atoms with Gasteiger partial charge in [-0.05, 0) is 38.1 Å². The van der Waals surface area contributed by atoms with Gasteiger partial charge in [0, 0.05) is 22.9 Å². The van der Waals surface area contributed by atoms with E-state index in [1.807, 2.05) is 6.07 Å². The fraction of sp³-hybridized carbons (Fsp3) is 0.529. The average Bonchev–Trinajstić information content (AvgIpc) is 2.83. The van der Waals surface area contributed by atoms with Gasteiger partial charge in [-0.15, -0.1) is 0 Å². The molecule has 2 aliphatic carbocycles. The lowest BCUT2D eigenvalue weighted by Gasteiger charge is -2.56. The van der Waals surface area contributed by atoms with Gasteiger partial charge in [-0.25, -0.2) is 4.39 Å². The molecular weight excluding hydrogens is 269 g/mol. The van der Waals surface area contributed by atoms with Crippen LogP contribution in [-0.2, 0) is 11.8 Å². The van der Waals surface area contributed by atoms with Gasteiger partial charge in [-0.3, -0.25) is 0 Å². The highest BCUT2D eigenvalue weighted by atomic mass is 19.1. The molecule has 21 heavy (non-hydrogen) atoms. The third kappa shape index (κ3) is 1.20. The molecule has 2 bridgehead atoms. The van der Waals surface area contributed by atoms with Gasteiger partial charge in [0.1, 0.15) is 6.10 Å². The zero-order valence-electron chi connectivity index (χ0n) is 11.9. The summed E-state index contributed by atoms with van der Waals surface area (Å²) in [7, 11) is 2.16. The molecule has 0 amide bonds. The fourth-order valence-electron chi connectivity index (χ4n) is 5.21. The summed E-state index contributed by atoms with van der Waals surface area (Å²) in [6, 6.07) is 4.09. The van der Waals surface area contributed by atoms with Crippen molar-refractivity contribution in [1.82, 2.24) is 4.90 Å². The van der Waals surface area contributed by atoms with Crippen LogP contribution in [0.1, 0.15) is 17.5 Å². The number of likely N-dealkylation sites (tertiary alicyclic amines) is 1. The number of aromatic hydroxyl groups is 1. The molecule has 1 N–H and O–H groups in total. The Kier molecular flexibility index (Phi) is 2.07. The molecule has 0 radical (unpaired) electrons. The molecule has 0 aromatic heterocycles. The number of halogens is 1. The standard InChI is InChI=1S/C17H18FNO2/c1-19-7-6-17-10-3-4-11(18)16(17)21-15-13(20)5-2-9(14(15)17)8-12(10)19/h2-5,10-12,16,20H,6-8H2,1H3/t10-,11?,12+,16-,17-/m0/s1. The number of phenolic OH excluding ortho intramolecular Hbond substituents is 1. The van der Waals surface area contributed by atoms with Crippen LogP contribution in [-0.4, -0.2) is 41.9 Å². The predicted octanol–water partition coefficient (Wildman–Crippen LogP) is 2.18. The zero-order chi connectivity index (χ0) is 14.4. The number of piperidine rings is 1. The van der Waals surface area contributed by atoms with Gasteiger partial charge in [-0.1, -0.05) is 18.2 Å². The molecule has 2 aliphatic heterocycles. The summed E-state index contributed by atoms with van der Waals surface area (Å²) in [5, 5.41) is 10.2. The maximum atomic E-state index is 14.5. The van der Waals surface area contributed by atoms with E-state index in [1.165, 1.54) is 5.56 Å². The van der Waals surface area contributed by atoms with E-state index < -0.39 is 12.3 Å². The van der Waals surface area contributed by atoms with Gasteiger partial charge in [0.2, 0.25) is 0 Å². The van der Waals surface area contributed by atoms with Crippen molar-refractivity contribution >= 4 is 0 Å². The van der Waals surface area contributed by atoms with Gasteiger partial charge >= 0.3 is 0 Å². The Morgan fingerprint density at radius 1 is 1.38 bits per heavy atom. The average molecular weight is 287 g/mol. The molecule has 4 aliphatic rings. The van der Waals surface area contributed by atoms with Crippen molar-refractivity contribution in [3.8, 4) is 11.5 Å². The molecule has 5 atom stereocenters. The van der Waals surface area contributed by atoms with Crippen LogP contribution < -0.4 is 4.74 Å². The van der Waals surface area contributed by atoms with E-state index in [0.717, 1.165) is 24.9 Å². The summed E-state index contributed by atoms with van der Waals surface area (Å²) in [5.74, 6) is 0.974. The Morgan fingerprint density at radius 2 is 2.24 bits per heavy atom. The van der Waals surface area contributed by atoms with Crippen molar-refractivity contribution in [2.24, 2.45) is 5.92 Å². The number of ether oxygens (including phenoxy) is 1. The first-order chi connectivity index (χ1) is 10.1. The first-order valence-electron chi connectivity index (χ1n) is 7.67. The minimum Gasteiger partial charge on any atom is -0.504 e. The Labute approximate surface area is 123 Å². The Hall–Kier alpha value is -1.55. The SMILES string of the molecule is CN1CC[C@]23c4c5ccc(O)c4O[C@H]2C(F)C=C[C@H]3[C@H]1C5. The van der Waals surface area contributed by atoms with E-state index in [2.05, 4.69) is 18.0 Å². The highest BCUT2D eigenvalue weighted by Crippen LogP contribution is 2.62. The van der Waals surface area contributed by atoms with E-state index in [9.17, 15) is 9.50 Å². The van der Waals surface area contributed by atoms with Crippen LogP contribution >= 0.6 is 0 Å². The maximum absolute atomic E-state index is 14.5. The van der Waals surface area contributed by atoms with E-state index in [4.69, 9.17) is 4.74 Å². The Bertz CT molecular complexity index is 673. The van der Waals surface area contributed by atoms with Crippen LogP contribution in [0.25, 0.3) is 0 Å². The third-order valence-electron chi connectivity index (χ3n) is 6.12. The first-order valence-corrected chi connectivity index (χ1v) is 7.67. The van der Waals surface area contributed by atoms with E-state index in [-0.39, 0.29) is 17.1 Å². The number of alkyl halides is 1. The summed E-state index contributed by atoms with van der Waals surface area (Å²) in [4.78, 5) is 2.39. The predicted molar refractivity (Wildman–Crippen MR) is 76.5 cm³/mol. The molecule has 5 rings (SSSR count). The fourth-order valence-corrected chi connectivity index (χ4v) is 5.21. The second-order valence-corrected chi connectivity index (χ2v) is 6.88. The van der Waals surface area contributed by atoms with E-state index in [1.54, 1.807) is 12.1 Å². The van der Waals surface area contributed by atoms with Crippen LogP contribution in [0.15, 0.2) is 24.3 Å². The number of rotatable bonds is 0. The second-order valence-electron chi connectivity index (χ2n) is 6.88. The summed E-state index contributed by atoms with van der Waals surface area (Å²) < 4.78 is 20.5. The van der Waals surface area contributed by atoms with Crippen LogP contribution in [0.2, 0.25) is 0 Å². The molecule has 4 heteroatoms. The molecule has 1 unspecified atom stereocenters. The lowest BCUT2D eigenvalue weighted by molar-refractivity contribution is -0.0245. The first kappa shape index (κ1) is 12.0. The van der Waals surface area contributed by atoms with Crippen molar-refractivity contribution in [3.05, 3.63) is 35.4 Å². The quantitative estimate of drug-likeness (QED) is 0.742. The molecule has 1 spiro atoms. The molecule has 3 nitrogen and oxygen atoms in total. The highest BCUT2D eigenvalue weighted by Gasteiger charge is 2.64. The molecule has 1 fully saturated rings. The van der Waals surface area contributed by atoms with E-state index in [0.29, 0.717) is 11.8 Å². The molecule has 2 heterocycles. The van der Waals surface area contributed by atoms with Crippen molar-refractivity contribution in [3.63, 3.8) is 0 Å². The highest BCUT2D eigenvalue weighted by molar-refractivity contribution is 5.61. The largest absolute Gasteiger partial charge is 0.504 e. The molecule has 1 saturated heterocycles. The van der Waals surface area contributed by atoms with Crippen LogP contribution in [0.5, 0.6) is 11.5 Å². The summed E-state index contributed by atoms with van der Waals surface area (Å²) >= 11 is 0.